The molecule has 1 fully saturated rings. The molecule has 6 nitrogen and oxygen atoms in total. The molecule has 1 aliphatic heterocycles. The Morgan fingerprint density at radius 2 is 1.65 bits per heavy atom. The lowest BCUT2D eigenvalue weighted by Crippen LogP contribution is -2.44. The minimum Gasteiger partial charge on any atom is -0.444 e. The summed E-state index contributed by atoms with van der Waals surface area (Å²) in [5.41, 5.74) is 1.36. The molecule has 0 unspecified atom stereocenters. The molecule has 26 heavy (non-hydrogen) atoms. The van der Waals surface area contributed by atoms with Crippen molar-refractivity contribution in [3.05, 3.63) is 71.3 Å². The van der Waals surface area contributed by atoms with Crippen LogP contribution in [0.5, 0.6) is 0 Å². The van der Waals surface area contributed by atoms with Gasteiger partial charge >= 0.3 is 5.97 Å². The van der Waals surface area contributed by atoms with Crippen LogP contribution in [0.4, 0.5) is 0 Å². The van der Waals surface area contributed by atoms with Crippen molar-refractivity contribution in [2.45, 2.75) is 6.10 Å². The van der Waals surface area contributed by atoms with Gasteiger partial charge in [-0.1, -0.05) is 42.5 Å². The van der Waals surface area contributed by atoms with Crippen molar-refractivity contribution in [2.75, 3.05) is 26.3 Å². The van der Waals surface area contributed by atoms with Gasteiger partial charge in [-0.15, -0.1) is 0 Å². The molecule has 0 radical (unpaired) electrons. The number of carbonyl (C=O) groups excluding carboxylic acids is 3. The quantitative estimate of drug-likeness (QED) is 0.609. The Bertz CT molecular complexity index is 767. The fourth-order valence-corrected chi connectivity index (χ4v) is 2.71. The number of hydrogen-bond acceptors (Lipinski definition) is 5. The molecule has 0 aromatic heterocycles. The number of hydrogen-bond donors (Lipinski definition) is 0. The third-order valence-corrected chi connectivity index (χ3v) is 4.16. The highest BCUT2D eigenvalue weighted by Crippen LogP contribution is 2.22. The van der Waals surface area contributed by atoms with E-state index >= 15 is 0 Å². The maximum Gasteiger partial charge on any atom is 0.339 e. The number of nitrogens with zero attached hydrogens (tertiary/aromatic N) is 1. The van der Waals surface area contributed by atoms with Gasteiger partial charge in [0.05, 0.1) is 18.8 Å². The van der Waals surface area contributed by atoms with Crippen molar-refractivity contribution in [1.29, 1.82) is 0 Å². The summed E-state index contributed by atoms with van der Waals surface area (Å²) in [6.45, 7) is 1.87. The average Bonchev–Trinajstić information content (AvgIpc) is 2.72. The average molecular weight is 353 g/mol. The highest BCUT2D eigenvalue weighted by molar-refractivity contribution is 5.93. The van der Waals surface area contributed by atoms with Crippen molar-refractivity contribution in [3.8, 4) is 0 Å². The van der Waals surface area contributed by atoms with Crippen LogP contribution >= 0.6 is 0 Å². The second kappa shape index (κ2) is 8.40. The Morgan fingerprint density at radius 1 is 1.00 bits per heavy atom. The first kappa shape index (κ1) is 17.8. The number of aldehydes is 1. The fourth-order valence-electron chi connectivity index (χ4n) is 2.71. The predicted octanol–water partition coefficient (Wildman–Crippen LogP) is 2.26. The molecule has 2 aromatic rings. The van der Waals surface area contributed by atoms with Crippen LogP contribution < -0.4 is 0 Å². The van der Waals surface area contributed by atoms with Gasteiger partial charge in [-0.25, -0.2) is 4.79 Å². The Kier molecular flexibility index (Phi) is 5.76. The van der Waals surface area contributed by atoms with E-state index in [-0.39, 0.29) is 11.5 Å². The molecular formula is C20H19NO5. The minimum atomic E-state index is -1.02. The van der Waals surface area contributed by atoms with Crippen LogP contribution in [-0.2, 0) is 14.3 Å². The van der Waals surface area contributed by atoms with Crippen LogP contribution in [0.15, 0.2) is 54.6 Å². The SMILES string of the molecule is O=Cc1ccc(C(=O)O[C@@H](C(=O)N2CCOCC2)c2ccccc2)cc1. The molecule has 0 saturated carbocycles. The van der Waals surface area contributed by atoms with Gasteiger partial charge in [0.1, 0.15) is 6.29 Å². The molecular weight excluding hydrogens is 334 g/mol. The van der Waals surface area contributed by atoms with Crippen molar-refractivity contribution < 1.29 is 23.9 Å². The molecule has 0 bridgehead atoms. The van der Waals surface area contributed by atoms with Gasteiger partial charge in [-0.3, -0.25) is 9.59 Å². The fraction of sp³-hybridized carbons (Fsp3) is 0.250. The molecule has 3 rings (SSSR count). The third kappa shape index (κ3) is 4.15. The zero-order valence-corrected chi connectivity index (χ0v) is 14.2. The smallest absolute Gasteiger partial charge is 0.339 e. The number of amides is 1. The summed E-state index contributed by atoms with van der Waals surface area (Å²) < 4.78 is 10.8. The second-order valence-electron chi connectivity index (χ2n) is 5.87. The summed E-state index contributed by atoms with van der Waals surface area (Å²) >= 11 is 0. The molecule has 134 valence electrons. The predicted molar refractivity (Wildman–Crippen MR) is 93.8 cm³/mol. The lowest BCUT2D eigenvalue weighted by molar-refractivity contribution is -0.145. The van der Waals surface area contributed by atoms with Crippen LogP contribution in [0.25, 0.3) is 0 Å². The standard InChI is InChI=1S/C20H19NO5/c22-14-15-6-8-17(9-7-15)20(24)26-18(16-4-2-1-3-5-16)19(23)21-10-12-25-13-11-21/h1-9,14,18H,10-13H2/t18-/m1/s1. The molecule has 1 saturated heterocycles. The van der Waals surface area contributed by atoms with Crippen molar-refractivity contribution >= 4 is 18.2 Å². The summed E-state index contributed by atoms with van der Waals surface area (Å²) in [5, 5.41) is 0. The van der Waals surface area contributed by atoms with E-state index in [4.69, 9.17) is 9.47 Å². The van der Waals surface area contributed by atoms with Gasteiger partial charge < -0.3 is 14.4 Å². The van der Waals surface area contributed by atoms with Crippen molar-refractivity contribution in [2.24, 2.45) is 0 Å². The molecule has 1 atom stereocenters. The molecule has 1 aliphatic rings. The highest BCUT2D eigenvalue weighted by atomic mass is 16.5. The van der Waals surface area contributed by atoms with E-state index in [0.29, 0.717) is 43.7 Å². The van der Waals surface area contributed by atoms with E-state index < -0.39 is 12.1 Å². The maximum atomic E-state index is 12.9. The van der Waals surface area contributed by atoms with Gasteiger partial charge in [-0.05, 0) is 12.1 Å². The first-order valence-electron chi connectivity index (χ1n) is 8.37. The number of esters is 1. The summed E-state index contributed by atoms with van der Waals surface area (Å²) in [7, 11) is 0. The van der Waals surface area contributed by atoms with E-state index in [1.807, 2.05) is 6.07 Å². The molecule has 1 amide bonds. The summed E-state index contributed by atoms with van der Waals surface area (Å²) in [6, 6.07) is 15.0. The van der Waals surface area contributed by atoms with Crippen LogP contribution in [0, 0.1) is 0 Å². The molecule has 1 heterocycles. The molecule has 2 aromatic carbocycles. The number of carbonyl (C=O) groups is 3. The molecule has 0 spiro atoms. The first-order valence-corrected chi connectivity index (χ1v) is 8.37. The number of morpholine rings is 1. The van der Waals surface area contributed by atoms with Crippen LogP contribution in [0.1, 0.15) is 32.4 Å². The van der Waals surface area contributed by atoms with Gasteiger partial charge in [0.15, 0.2) is 0 Å². The van der Waals surface area contributed by atoms with Crippen molar-refractivity contribution in [3.63, 3.8) is 0 Å². The monoisotopic (exact) mass is 353 g/mol. The van der Waals surface area contributed by atoms with Crippen LogP contribution in [0.2, 0.25) is 0 Å². The number of benzene rings is 2. The zero-order valence-electron chi connectivity index (χ0n) is 14.2. The van der Waals surface area contributed by atoms with Gasteiger partial charge in [-0.2, -0.15) is 0 Å². The van der Waals surface area contributed by atoms with E-state index in [0.717, 1.165) is 0 Å². The molecule has 0 N–H and O–H groups in total. The van der Waals surface area contributed by atoms with Gasteiger partial charge in [0, 0.05) is 24.2 Å². The highest BCUT2D eigenvalue weighted by Gasteiger charge is 2.30. The van der Waals surface area contributed by atoms with Crippen LogP contribution in [-0.4, -0.2) is 49.4 Å². The van der Waals surface area contributed by atoms with E-state index in [2.05, 4.69) is 0 Å². The summed E-state index contributed by atoms with van der Waals surface area (Å²) in [5.74, 6) is -0.879. The Morgan fingerprint density at radius 3 is 2.27 bits per heavy atom. The first-order chi connectivity index (χ1) is 12.7. The van der Waals surface area contributed by atoms with E-state index in [9.17, 15) is 14.4 Å². The molecule has 0 aliphatic carbocycles. The summed E-state index contributed by atoms with van der Waals surface area (Å²) in [6.07, 6.45) is -0.323. The minimum absolute atomic E-state index is 0.266. The van der Waals surface area contributed by atoms with E-state index in [1.54, 1.807) is 29.2 Å². The lowest BCUT2D eigenvalue weighted by atomic mass is 10.1. The van der Waals surface area contributed by atoms with Gasteiger partial charge in [0.25, 0.3) is 5.91 Å². The van der Waals surface area contributed by atoms with E-state index in [1.165, 1.54) is 24.3 Å². The van der Waals surface area contributed by atoms with Gasteiger partial charge in [0.2, 0.25) is 6.10 Å². The molecule has 6 heteroatoms. The Labute approximate surface area is 151 Å². The Balaban J connectivity index is 1.81. The third-order valence-electron chi connectivity index (χ3n) is 4.16. The topological polar surface area (TPSA) is 72.9 Å². The normalized spacial score (nSPS) is 15.2. The Hall–Kier alpha value is -2.99. The maximum absolute atomic E-state index is 12.9. The summed E-state index contributed by atoms with van der Waals surface area (Å²) in [4.78, 5) is 37.8. The largest absolute Gasteiger partial charge is 0.444 e. The lowest BCUT2D eigenvalue weighted by Gasteiger charge is -2.30. The number of ether oxygens (including phenoxy) is 2. The second-order valence-corrected chi connectivity index (χ2v) is 5.87. The number of rotatable bonds is 5. The van der Waals surface area contributed by atoms with Crippen molar-refractivity contribution in [1.82, 2.24) is 4.90 Å². The van der Waals surface area contributed by atoms with Crippen LogP contribution in [0.3, 0.4) is 0 Å². The zero-order chi connectivity index (χ0) is 18.4.